The predicted octanol–water partition coefficient (Wildman–Crippen LogP) is 2.21. The summed E-state index contributed by atoms with van der Waals surface area (Å²) in [6, 6.07) is 12.2. The molecular formula is C23H30N4O3. The summed E-state index contributed by atoms with van der Waals surface area (Å²) in [7, 11) is 1.68. The van der Waals surface area contributed by atoms with Gasteiger partial charge in [-0.1, -0.05) is 0 Å². The lowest BCUT2D eigenvalue weighted by molar-refractivity contribution is -0.131. The van der Waals surface area contributed by atoms with E-state index < -0.39 is 0 Å². The van der Waals surface area contributed by atoms with Crippen molar-refractivity contribution < 1.29 is 14.3 Å². The number of methoxy groups -OCH3 is 1. The smallest absolute Gasteiger partial charge is 0.223 e. The third kappa shape index (κ3) is 5.02. The SMILES string of the molecule is COc1ccc(N2CCN(C(=O)CCc3ccnc(N4CCOCC4)c3)CC2)cc1. The molecule has 2 fully saturated rings. The van der Waals surface area contributed by atoms with E-state index in [4.69, 9.17) is 9.47 Å². The molecule has 0 bridgehead atoms. The molecule has 0 spiro atoms. The molecule has 160 valence electrons. The summed E-state index contributed by atoms with van der Waals surface area (Å²) in [4.78, 5) is 23.8. The molecule has 0 saturated carbocycles. The van der Waals surface area contributed by atoms with E-state index in [9.17, 15) is 4.79 Å². The molecule has 0 atom stereocenters. The van der Waals surface area contributed by atoms with Gasteiger partial charge >= 0.3 is 0 Å². The maximum absolute atomic E-state index is 12.7. The molecule has 0 unspecified atom stereocenters. The van der Waals surface area contributed by atoms with E-state index in [2.05, 4.69) is 33.0 Å². The van der Waals surface area contributed by atoms with Gasteiger partial charge in [-0.15, -0.1) is 0 Å². The molecule has 4 rings (SSSR count). The lowest BCUT2D eigenvalue weighted by atomic mass is 10.1. The predicted molar refractivity (Wildman–Crippen MR) is 117 cm³/mol. The first-order valence-corrected chi connectivity index (χ1v) is 10.7. The Kier molecular flexibility index (Phi) is 6.69. The summed E-state index contributed by atoms with van der Waals surface area (Å²) >= 11 is 0. The number of ether oxygens (including phenoxy) is 2. The number of hydrogen-bond donors (Lipinski definition) is 0. The normalized spacial score (nSPS) is 17.2. The van der Waals surface area contributed by atoms with Crippen LogP contribution in [-0.2, 0) is 16.0 Å². The van der Waals surface area contributed by atoms with Crippen molar-refractivity contribution in [2.45, 2.75) is 12.8 Å². The van der Waals surface area contributed by atoms with E-state index in [0.717, 1.165) is 76.0 Å². The van der Waals surface area contributed by atoms with Crippen molar-refractivity contribution in [1.29, 1.82) is 0 Å². The third-order valence-corrected chi connectivity index (χ3v) is 5.84. The number of rotatable bonds is 6. The highest BCUT2D eigenvalue weighted by Gasteiger charge is 2.21. The van der Waals surface area contributed by atoms with Crippen LogP contribution in [0.4, 0.5) is 11.5 Å². The van der Waals surface area contributed by atoms with Crippen LogP contribution in [0.1, 0.15) is 12.0 Å². The highest BCUT2D eigenvalue weighted by molar-refractivity contribution is 5.77. The van der Waals surface area contributed by atoms with Crippen LogP contribution in [0.15, 0.2) is 42.6 Å². The number of pyridine rings is 1. The van der Waals surface area contributed by atoms with Crippen LogP contribution < -0.4 is 14.5 Å². The Morgan fingerprint density at radius 3 is 2.43 bits per heavy atom. The second kappa shape index (κ2) is 9.80. The van der Waals surface area contributed by atoms with Crippen molar-refractivity contribution in [2.24, 2.45) is 0 Å². The van der Waals surface area contributed by atoms with Crippen LogP contribution in [0.25, 0.3) is 0 Å². The summed E-state index contributed by atoms with van der Waals surface area (Å²) in [5, 5.41) is 0. The van der Waals surface area contributed by atoms with Crippen LogP contribution in [0.3, 0.4) is 0 Å². The van der Waals surface area contributed by atoms with Crippen molar-refractivity contribution in [2.75, 3.05) is 69.4 Å². The molecule has 3 heterocycles. The lowest BCUT2D eigenvalue weighted by Crippen LogP contribution is -2.48. The molecule has 7 nitrogen and oxygen atoms in total. The van der Waals surface area contributed by atoms with E-state index in [0.29, 0.717) is 6.42 Å². The monoisotopic (exact) mass is 410 g/mol. The van der Waals surface area contributed by atoms with Crippen molar-refractivity contribution >= 4 is 17.4 Å². The number of benzene rings is 1. The summed E-state index contributed by atoms with van der Waals surface area (Å²) in [6.07, 6.45) is 3.13. The van der Waals surface area contributed by atoms with Gasteiger partial charge in [-0.3, -0.25) is 4.79 Å². The lowest BCUT2D eigenvalue weighted by Gasteiger charge is -2.36. The van der Waals surface area contributed by atoms with Crippen molar-refractivity contribution in [3.63, 3.8) is 0 Å². The summed E-state index contributed by atoms with van der Waals surface area (Å²) in [5.41, 5.74) is 2.34. The fraction of sp³-hybridized carbons (Fsp3) is 0.478. The number of carbonyl (C=O) groups excluding carboxylic acids is 1. The second-order valence-electron chi connectivity index (χ2n) is 7.69. The van der Waals surface area contributed by atoms with E-state index >= 15 is 0 Å². The largest absolute Gasteiger partial charge is 0.497 e. The molecule has 0 radical (unpaired) electrons. The number of amides is 1. The van der Waals surface area contributed by atoms with Crippen molar-refractivity contribution in [1.82, 2.24) is 9.88 Å². The standard InChI is InChI=1S/C23H30N4O3/c1-29-21-5-3-20(4-6-21)25-10-12-27(13-11-25)23(28)7-2-19-8-9-24-22(18-19)26-14-16-30-17-15-26/h3-6,8-9,18H,2,7,10-17H2,1H3. The van der Waals surface area contributed by atoms with Gasteiger partial charge in [0.2, 0.25) is 5.91 Å². The van der Waals surface area contributed by atoms with Gasteiger partial charge in [-0.2, -0.15) is 0 Å². The van der Waals surface area contributed by atoms with Gasteiger partial charge in [0.05, 0.1) is 20.3 Å². The maximum atomic E-state index is 12.7. The first kappa shape index (κ1) is 20.5. The Hall–Kier alpha value is -2.80. The molecule has 2 saturated heterocycles. The number of anilines is 2. The Labute approximate surface area is 178 Å². The minimum Gasteiger partial charge on any atom is -0.497 e. The molecule has 0 N–H and O–H groups in total. The topological polar surface area (TPSA) is 58.1 Å². The number of nitrogens with zero attached hydrogens (tertiary/aromatic N) is 4. The Morgan fingerprint density at radius 1 is 1.00 bits per heavy atom. The zero-order valence-electron chi connectivity index (χ0n) is 17.6. The van der Waals surface area contributed by atoms with Crippen molar-refractivity contribution in [3.8, 4) is 5.75 Å². The van der Waals surface area contributed by atoms with Gasteiger partial charge in [-0.05, 0) is 48.4 Å². The molecule has 1 aromatic heterocycles. The van der Waals surface area contributed by atoms with E-state index in [1.54, 1.807) is 7.11 Å². The molecule has 2 aliphatic rings. The Balaban J connectivity index is 1.26. The molecule has 2 aliphatic heterocycles. The minimum absolute atomic E-state index is 0.231. The molecular weight excluding hydrogens is 380 g/mol. The summed E-state index contributed by atoms with van der Waals surface area (Å²) in [5.74, 6) is 2.07. The highest BCUT2D eigenvalue weighted by Crippen LogP contribution is 2.21. The molecule has 0 aliphatic carbocycles. The van der Waals surface area contributed by atoms with Crippen LogP contribution in [0.5, 0.6) is 5.75 Å². The van der Waals surface area contributed by atoms with Gasteiger partial charge in [0.1, 0.15) is 11.6 Å². The van der Waals surface area contributed by atoms with Crippen LogP contribution in [-0.4, -0.2) is 75.4 Å². The first-order valence-electron chi connectivity index (χ1n) is 10.7. The number of morpholine rings is 1. The second-order valence-corrected chi connectivity index (χ2v) is 7.69. The van der Waals surface area contributed by atoms with Crippen LogP contribution in [0, 0.1) is 0 Å². The minimum atomic E-state index is 0.231. The third-order valence-electron chi connectivity index (χ3n) is 5.84. The van der Waals surface area contributed by atoms with E-state index in [1.165, 1.54) is 5.69 Å². The van der Waals surface area contributed by atoms with E-state index in [1.807, 2.05) is 29.3 Å². The molecule has 2 aromatic rings. The highest BCUT2D eigenvalue weighted by atomic mass is 16.5. The Morgan fingerprint density at radius 2 is 1.73 bits per heavy atom. The van der Waals surface area contributed by atoms with Crippen LogP contribution in [0.2, 0.25) is 0 Å². The van der Waals surface area contributed by atoms with Crippen LogP contribution >= 0.6 is 0 Å². The zero-order chi connectivity index (χ0) is 20.8. The van der Waals surface area contributed by atoms with Gasteiger partial charge in [0, 0.05) is 57.6 Å². The van der Waals surface area contributed by atoms with Gasteiger partial charge in [0.15, 0.2) is 0 Å². The van der Waals surface area contributed by atoms with Gasteiger partial charge < -0.3 is 24.2 Å². The molecule has 7 heteroatoms. The van der Waals surface area contributed by atoms with E-state index in [-0.39, 0.29) is 5.91 Å². The average molecular weight is 411 g/mol. The first-order chi connectivity index (χ1) is 14.7. The Bertz CT molecular complexity index is 829. The molecule has 1 amide bonds. The number of piperazine rings is 1. The summed E-state index contributed by atoms with van der Waals surface area (Å²) in [6.45, 7) is 6.46. The van der Waals surface area contributed by atoms with Gasteiger partial charge in [0.25, 0.3) is 0 Å². The number of hydrogen-bond acceptors (Lipinski definition) is 6. The quantitative estimate of drug-likeness (QED) is 0.728. The maximum Gasteiger partial charge on any atom is 0.223 e. The van der Waals surface area contributed by atoms with Gasteiger partial charge in [-0.25, -0.2) is 4.98 Å². The molecule has 30 heavy (non-hydrogen) atoms. The fourth-order valence-electron chi connectivity index (χ4n) is 4.00. The summed E-state index contributed by atoms with van der Waals surface area (Å²) < 4.78 is 10.6. The molecule has 1 aromatic carbocycles. The number of aryl methyl sites for hydroxylation is 1. The number of carbonyl (C=O) groups is 1. The van der Waals surface area contributed by atoms with Crippen molar-refractivity contribution in [3.05, 3.63) is 48.2 Å². The average Bonchev–Trinajstić information content (AvgIpc) is 2.83. The number of aromatic nitrogens is 1. The zero-order valence-corrected chi connectivity index (χ0v) is 17.6. The fourth-order valence-corrected chi connectivity index (χ4v) is 4.00.